The maximum atomic E-state index is 13.2. The summed E-state index contributed by atoms with van der Waals surface area (Å²) in [5.74, 6) is 0.577. The Labute approximate surface area is 204 Å². The van der Waals surface area contributed by atoms with Crippen LogP contribution in [-0.4, -0.2) is 33.2 Å². The van der Waals surface area contributed by atoms with Crippen LogP contribution in [0.15, 0.2) is 76.0 Å². The molecule has 6 rings (SSSR count). The summed E-state index contributed by atoms with van der Waals surface area (Å²) >= 11 is 3.44. The van der Waals surface area contributed by atoms with Gasteiger partial charge in [-0.3, -0.25) is 14.3 Å². The summed E-state index contributed by atoms with van der Waals surface area (Å²) in [5.41, 5.74) is 5.29. The van der Waals surface area contributed by atoms with Crippen LogP contribution >= 0.6 is 15.9 Å². The number of benzene rings is 3. The average Bonchev–Trinajstić information content (AvgIpc) is 3.16. The topological polar surface area (TPSA) is 64.4 Å². The van der Waals surface area contributed by atoms with Crippen molar-refractivity contribution in [2.24, 2.45) is 0 Å². The van der Waals surface area contributed by atoms with Crippen LogP contribution in [0.2, 0.25) is 0 Å². The van der Waals surface area contributed by atoms with Gasteiger partial charge in [0.25, 0.3) is 5.56 Å². The third-order valence-electron chi connectivity index (χ3n) is 6.86. The predicted molar refractivity (Wildman–Crippen MR) is 134 cm³/mol. The van der Waals surface area contributed by atoms with Gasteiger partial charge in [-0.2, -0.15) is 0 Å². The predicted octanol–water partition coefficient (Wildman–Crippen LogP) is 5.31. The maximum absolute atomic E-state index is 13.2. The molecule has 6 nitrogen and oxygen atoms in total. The summed E-state index contributed by atoms with van der Waals surface area (Å²) in [5, 5.41) is 0.578. The number of carbonyl (C=O) groups is 1. The largest absolute Gasteiger partial charge is 0.448 e. The molecule has 1 unspecified atom stereocenters. The number of carbonyl (C=O) groups excluding carboxylic acids is 1. The van der Waals surface area contributed by atoms with Crippen molar-refractivity contribution in [3.8, 4) is 11.1 Å². The molecule has 170 valence electrons. The molecular formula is C27H22BrN3O3. The van der Waals surface area contributed by atoms with Crippen LogP contribution in [0.5, 0.6) is 0 Å². The Hall–Kier alpha value is -3.45. The molecule has 2 aliphatic rings. The van der Waals surface area contributed by atoms with Crippen LogP contribution in [0, 0.1) is 0 Å². The lowest BCUT2D eigenvalue weighted by molar-refractivity contribution is 0.0699. The first-order chi connectivity index (χ1) is 16.5. The van der Waals surface area contributed by atoms with Crippen molar-refractivity contribution in [1.29, 1.82) is 0 Å². The van der Waals surface area contributed by atoms with Gasteiger partial charge in [0.2, 0.25) is 0 Å². The molecule has 3 aromatic carbocycles. The third-order valence-corrected chi connectivity index (χ3v) is 7.35. The Balaban J connectivity index is 1.25. The fraction of sp³-hybridized carbons (Fsp3) is 0.222. The van der Waals surface area contributed by atoms with Crippen molar-refractivity contribution in [2.75, 3.05) is 6.61 Å². The van der Waals surface area contributed by atoms with Gasteiger partial charge in [0, 0.05) is 16.9 Å². The first kappa shape index (κ1) is 21.1. The van der Waals surface area contributed by atoms with Crippen molar-refractivity contribution in [1.82, 2.24) is 14.5 Å². The standard InChI is InChI=1S/C27H22BrN3O3/c1-16-13-31-25(29-24-12-17(28)10-11-22(24)26(31)32)14-30(16)27(33)34-15-23-20-8-4-2-6-18(20)19-7-3-5-9-21(19)23/h2-12,16,23H,13-15H2,1H3. The van der Waals surface area contributed by atoms with Crippen molar-refractivity contribution in [2.45, 2.75) is 32.0 Å². The zero-order valence-corrected chi connectivity index (χ0v) is 20.2. The molecule has 1 aromatic heterocycles. The Bertz CT molecular complexity index is 1470. The monoisotopic (exact) mass is 515 g/mol. The molecule has 0 fully saturated rings. The number of hydrogen-bond acceptors (Lipinski definition) is 4. The van der Waals surface area contributed by atoms with Crippen LogP contribution in [0.3, 0.4) is 0 Å². The fourth-order valence-corrected chi connectivity index (χ4v) is 5.49. The lowest BCUT2D eigenvalue weighted by Gasteiger charge is -2.34. The van der Waals surface area contributed by atoms with Crippen LogP contribution in [0.4, 0.5) is 4.79 Å². The number of aromatic nitrogens is 2. The van der Waals surface area contributed by atoms with Gasteiger partial charge in [0.05, 0.1) is 23.5 Å². The summed E-state index contributed by atoms with van der Waals surface area (Å²) in [6.45, 7) is 2.82. The maximum Gasteiger partial charge on any atom is 0.410 e. The minimum absolute atomic E-state index is 0.00534. The molecule has 7 heteroatoms. The van der Waals surface area contributed by atoms with Gasteiger partial charge in [0.1, 0.15) is 12.4 Å². The molecule has 0 radical (unpaired) electrons. The molecule has 1 amide bonds. The minimum atomic E-state index is -0.385. The van der Waals surface area contributed by atoms with Gasteiger partial charge in [-0.1, -0.05) is 64.5 Å². The molecule has 1 atom stereocenters. The summed E-state index contributed by atoms with van der Waals surface area (Å²) in [7, 11) is 0. The highest BCUT2D eigenvalue weighted by Gasteiger charge is 2.33. The third kappa shape index (κ3) is 3.34. The summed E-state index contributed by atoms with van der Waals surface area (Å²) in [6.07, 6.45) is -0.385. The highest BCUT2D eigenvalue weighted by molar-refractivity contribution is 9.10. The second-order valence-electron chi connectivity index (χ2n) is 8.89. The van der Waals surface area contributed by atoms with Gasteiger partial charge in [-0.15, -0.1) is 0 Å². The van der Waals surface area contributed by atoms with Crippen molar-refractivity contribution in [3.05, 3.63) is 98.5 Å². The van der Waals surface area contributed by atoms with Crippen molar-refractivity contribution >= 4 is 32.9 Å². The smallest absolute Gasteiger partial charge is 0.410 e. The van der Waals surface area contributed by atoms with Crippen LogP contribution in [0.1, 0.15) is 29.8 Å². The molecule has 0 saturated carbocycles. The molecule has 0 bridgehead atoms. The average molecular weight is 516 g/mol. The van der Waals surface area contributed by atoms with E-state index in [1.807, 2.05) is 43.3 Å². The van der Waals surface area contributed by atoms with E-state index in [0.29, 0.717) is 23.3 Å². The van der Waals surface area contributed by atoms with Crippen LogP contribution in [0.25, 0.3) is 22.0 Å². The molecule has 0 spiro atoms. The Morgan fingerprint density at radius 3 is 2.44 bits per heavy atom. The first-order valence-electron chi connectivity index (χ1n) is 11.3. The van der Waals surface area contributed by atoms with E-state index in [1.165, 1.54) is 22.3 Å². The molecule has 0 saturated heterocycles. The highest BCUT2D eigenvalue weighted by atomic mass is 79.9. The Morgan fingerprint density at radius 2 is 1.74 bits per heavy atom. The van der Waals surface area contributed by atoms with Crippen molar-refractivity contribution < 1.29 is 9.53 Å². The van der Waals surface area contributed by atoms with E-state index >= 15 is 0 Å². The van der Waals surface area contributed by atoms with Crippen LogP contribution < -0.4 is 5.56 Å². The van der Waals surface area contributed by atoms with Gasteiger partial charge < -0.3 is 4.74 Å². The van der Waals surface area contributed by atoms with E-state index in [1.54, 1.807) is 15.5 Å². The highest BCUT2D eigenvalue weighted by Crippen LogP contribution is 2.44. The molecule has 0 N–H and O–H groups in total. The van der Waals surface area contributed by atoms with Crippen LogP contribution in [-0.2, 0) is 17.8 Å². The van der Waals surface area contributed by atoms with E-state index in [9.17, 15) is 9.59 Å². The lowest BCUT2D eigenvalue weighted by atomic mass is 9.98. The first-order valence-corrected chi connectivity index (χ1v) is 12.1. The number of amides is 1. The van der Waals surface area contributed by atoms with E-state index in [2.05, 4.69) is 45.2 Å². The Kier molecular flexibility index (Phi) is 5.03. The number of halogens is 1. The molecule has 1 aliphatic carbocycles. The van der Waals surface area contributed by atoms with Gasteiger partial charge in [0.15, 0.2) is 0 Å². The fourth-order valence-electron chi connectivity index (χ4n) is 5.14. The Morgan fingerprint density at radius 1 is 1.06 bits per heavy atom. The van der Waals surface area contributed by atoms with E-state index in [-0.39, 0.29) is 36.8 Å². The zero-order valence-electron chi connectivity index (χ0n) is 18.6. The number of fused-ring (bicyclic) bond motifs is 5. The molecule has 4 aromatic rings. The molecule has 34 heavy (non-hydrogen) atoms. The summed E-state index contributed by atoms with van der Waals surface area (Å²) < 4.78 is 8.40. The minimum Gasteiger partial charge on any atom is -0.448 e. The second kappa shape index (κ2) is 8.09. The SMILES string of the molecule is CC1Cn2c(nc3cc(Br)ccc3c2=O)CN1C(=O)OCC1c2ccccc2-c2ccccc21. The molecule has 2 heterocycles. The van der Waals surface area contributed by atoms with Gasteiger partial charge in [-0.05, 0) is 47.4 Å². The number of rotatable bonds is 2. The lowest BCUT2D eigenvalue weighted by Crippen LogP contribution is -2.48. The van der Waals surface area contributed by atoms with E-state index < -0.39 is 0 Å². The summed E-state index contributed by atoms with van der Waals surface area (Å²) in [4.78, 5) is 32.5. The number of ether oxygens (including phenoxy) is 1. The number of hydrogen-bond donors (Lipinski definition) is 0. The van der Waals surface area contributed by atoms with Gasteiger partial charge in [-0.25, -0.2) is 9.78 Å². The zero-order chi connectivity index (χ0) is 23.4. The number of nitrogens with zero attached hydrogens (tertiary/aromatic N) is 3. The quantitative estimate of drug-likeness (QED) is 0.362. The molecular weight excluding hydrogens is 494 g/mol. The molecule has 1 aliphatic heterocycles. The van der Waals surface area contributed by atoms with E-state index in [4.69, 9.17) is 4.74 Å². The van der Waals surface area contributed by atoms with Crippen molar-refractivity contribution in [3.63, 3.8) is 0 Å². The van der Waals surface area contributed by atoms with E-state index in [0.717, 1.165) is 4.47 Å². The van der Waals surface area contributed by atoms with Gasteiger partial charge >= 0.3 is 6.09 Å². The second-order valence-corrected chi connectivity index (χ2v) is 9.80. The summed E-state index contributed by atoms with van der Waals surface area (Å²) in [6, 6.07) is 21.8. The normalized spacial score (nSPS) is 16.8.